The number of hydrogen-bond donors (Lipinski definition) is 4. The second-order valence-electron chi connectivity index (χ2n) is 4.36. The first-order valence-corrected chi connectivity index (χ1v) is 5.65. The number of aromatic hydroxyl groups is 1. The normalized spacial score (nSPS) is 22.9. The summed E-state index contributed by atoms with van der Waals surface area (Å²) >= 11 is 0. The molecule has 4 heteroatoms. The Morgan fingerprint density at radius 1 is 1.44 bits per heavy atom. The fourth-order valence-electron chi connectivity index (χ4n) is 2.22. The number of piperidine rings is 1. The highest BCUT2D eigenvalue weighted by Gasteiger charge is 2.24. The molecule has 0 amide bonds. The monoisotopic (exact) mass is 222 g/mol. The van der Waals surface area contributed by atoms with Crippen molar-refractivity contribution in [1.29, 1.82) is 0 Å². The topological polar surface area (TPSA) is 78.5 Å². The third-order valence-electron chi connectivity index (χ3n) is 3.17. The first-order valence-electron chi connectivity index (χ1n) is 5.65. The van der Waals surface area contributed by atoms with E-state index < -0.39 is 6.10 Å². The van der Waals surface area contributed by atoms with Crippen LogP contribution in [0, 0.1) is 5.92 Å². The molecule has 1 fully saturated rings. The molecule has 1 aromatic rings. The molecule has 2 atom stereocenters. The predicted molar refractivity (Wildman–Crippen MR) is 63.1 cm³/mol. The fraction of sp³-hybridized carbons (Fsp3) is 0.500. The standard InChI is InChI=1S/C12H18N2O2/c13-11-4-3-9(15)6-10(11)12(16)8-2-1-5-14-7-8/h3-4,6,8,12,14-16H,1-2,5,7,13H2. The van der Waals surface area contributed by atoms with Crippen LogP contribution in [-0.4, -0.2) is 23.3 Å². The summed E-state index contributed by atoms with van der Waals surface area (Å²) < 4.78 is 0. The van der Waals surface area contributed by atoms with Gasteiger partial charge in [-0.2, -0.15) is 0 Å². The Labute approximate surface area is 95.1 Å². The number of nitrogen functional groups attached to an aromatic ring is 1. The highest BCUT2D eigenvalue weighted by atomic mass is 16.3. The van der Waals surface area contributed by atoms with Gasteiger partial charge in [0.25, 0.3) is 0 Å². The SMILES string of the molecule is Nc1ccc(O)cc1C(O)C1CCCNC1. The predicted octanol–water partition coefficient (Wildman–Crippen LogP) is 1.01. The lowest BCUT2D eigenvalue weighted by atomic mass is 9.89. The summed E-state index contributed by atoms with van der Waals surface area (Å²) in [7, 11) is 0. The van der Waals surface area contributed by atoms with Crippen molar-refractivity contribution >= 4 is 5.69 Å². The van der Waals surface area contributed by atoms with Crippen molar-refractivity contribution < 1.29 is 10.2 Å². The molecule has 0 spiro atoms. The number of aliphatic hydroxyl groups excluding tert-OH is 1. The number of phenols is 1. The first kappa shape index (κ1) is 11.2. The van der Waals surface area contributed by atoms with Crippen LogP contribution in [0.3, 0.4) is 0 Å². The van der Waals surface area contributed by atoms with Gasteiger partial charge in [0.2, 0.25) is 0 Å². The van der Waals surface area contributed by atoms with Crippen LogP contribution in [0.5, 0.6) is 5.75 Å². The van der Waals surface area contributed by atoms with Crippen LogP contribution in [0.2, 0.25) is 0 Å². The van der Waals surface area contributed by atoms with Crippen LogP contribution >= 0.6 is 0 Å². The smallest absolute Gasteiger partial charge is 0.116 e. The number of benzene rings is 1. The summed E-state index contributed by atoms with van der Waals surface area (Å²) in [6.45, 7) is 1.81. The van der Waals surface area contributed by atoms with Crippen LogP contribution in [0.4, 0.5) is 5.69 Å². The Hall–Kier alpha value is -1.26. The number of anilines is 1. The lowest BCUT2D eigenvalue weighted by Crippen LogP contribution is -2.33. The Balaban J connectivity index is 2.18. The zero-order valence-corrected chi connectivity index (χ0v) is 9.19. The van der Waals surface area contributed by atoms with Crippen molar-refractivity contribution in [3.8, 4) is 5.75 Å². The molecule has 1 aliphatic rings. The van der Waals surface area contributed by atoms with Crippen LogP contribution in [0.1, 0.15) is 24.5 Å². The molecule has 2 rings (SSSR count). The second kappa shape index (κ2) is 4.72. The van der Waals surface area contributed by atoms with Crippen LogP contribution in [0.25, 0.3) is 0 Å². The van der Waals surface area contributed by atoms with Crippen molar-refractivity contribution in [2.75, 3.05) is 18.8 Å². The Morgan fingerprint density at radius 2 is 2.25 bits per heavy atom. The summed E-state index contributed by atoms with van der Waals surface area (Å²) in [5.74, 6) is 0.324. The maximum absolute atomic E-state index is 10.2. The number of nitrogens with two attached hydrogens (primary N) is 1. The molecule has 0 aliphatic carbocycles. The summed E-state index contributed by atoms with van der Waals surface area (Å²) in [5.41, 5.74) is 6.98. The summed E-state index contributed by atoms with van der Waals surface area (Å²) in [5, 5.41) is 22.9. The third kappa shape index (κ3) is 2.28. The molecule has 1 aliphatic heterocycles. The van der Waals surface area contributed by atoms with E-state index in [2.05, 4.69) is 5.32 Å². The number of aliphatic hydroxyl groups is 1. The van der Waals surface area contributed by atoms with Crippen molar-refractivity contribution in [3.63, 3.8) is 0 Å². The van der Waals surface area contributed by atoms with E-state index >= 15 is 0 Å². The molecule has 4 nitrogen and oxygen atoms in total. The van der Waals surface area contributed by atoms with Crippen molar-refractivity contribution in [2.45, 2.75) is 18.9 Å². The van der Waals surface area contributed by atoms with E-state index in [1.54, 1.807) is 12.1 Å². The van der Waals surface area contributed by atoms with Crippen LogP contribution in [0.15, 0.2) is 18.2 Å². The van der Waals surface area contributed by atoms with E-state index in [9.17, 15) is 10.2 Å². The van der Waals surface area contributed by atoms with Gasteiger partial charge in [-0.05, 0) is 37.6 Å². The number of rotatable bonds is 2. The first-order chi connectivity index (χ1) is 7.68. The minimum absolute atomic E-state index is 0.145. The van der Waals surface area contributed by atoms with Crippen LogP contribution in [-0.2, 0) is 0 Å². The molecular formula is C12H18N2O2. The van der Waals surface area contributed by atoms with Gasteiger partial charge < -0.3 is 21.3 Å². The average Bonchev–Trinajstić information content (AvgIpc) is 2.32. The van der Waals surface area contributed by atoms with Gasteiger partial charge in [-0.3, -0.25) is 0 Å². The molecule has 5 N–H and O–H groups in total. The maximum Gasteiger partial charge on any atom is 0.116 e. The Morgan fingerprint density at radius 3 is 2.94 bits per heavy atom. The fourth-order valence-corrected chi connectivity index (χ4v) is 2.22. The molecular weight excluding hydrogens is 204 g/mol. The molecule has 1 heterocycles. The Kier molecular flexibility index (Phi) is 3.31. The lowest BCUT2D eigenvalue weighted by Gasteiger charge is -2.28. The van der Waals surface area contributed by atoms with Gasteiger partial charge in [-0.15, -0.1) is 0 Å². The van der Waals surface area contributed by atoms with Crippen LogP contribution < -0.4 is 11.1 Å². The van der Waals surface area contributed by atoms with Gasteiger partial charge >= 0.3 is 0 Å². The zero-order chi connectivity index (χ0) is 11.5. The highest BCUT2D eigenvalue weighted by Crippen LogP contribution is 2.32. The average molecular weight is 222 g/mol. The minimum atomic E-state index is -0.597. The quantitative estimate of drug-likeness (QED) is 0.445. The van der Waals surface area contributed by atoms with E-state index in [1.807, 2.05) is 0 Å². The molecule has 2 unspecified atom stereocenters. The molecule has 0 bridgehead atoms. The summed E-state index contributed by atoms with van der Waals surface area (Å²) in [4.78, 5) is 0. The molecule has 0 saturated carbocycles. The molecule has 0 aromatic heterocycles. The Bertz CT molecular complexity index is 362. The minimum Gasteiger partial charge on any atom is -0.508 e. The number of phenolic OH excluding ortho intramolecular Hbond substituents is 1. The van der Waals surface area contributed by atoms with E-state index in [0.29, 0.717) is 11.3 Å². The third-order valence-corrected chi connectivity index (χ3v) is 3.17. The van der Waals surface area contributed by atoms with Gasteiger partial charge in [0, 0.05) is 23.7 Å². The highest BCUT2D eigenvalue weighted by molar-refractivity contribution is 5.51. The van der Waals surface area contributed by atoms with Gasteiger partial charge in [-0.25, -0.2) is 0 Å². The van der Waals surface area contributed by atoms with E-state index in [1.165, 1.54) is 6.07 Å². The summed E-state index contributed by atoms with van der Waals surface area (Å²) in [6, 6.07) is 4.71. The second-order valence-corrected chi connectivity index (χ2v) is 4.36. The maximum atomic E-state index is 10.2. The molecule has 1 aromatic carbocycles. The van der Waals surface area contributed by atoms with E-state index in [0.717, 1.165) is 25.9 Å². The molecule has 88 valence electrons. The molecule has 0 radical (unpaired) electrons. The van der Waals surface area contributed by atoms with Crippen molar-refractivity contribution in [1.82, 2.24) is 5.32 Å². The largest absolute Gasteiger partial charge is 0.508 e. The molecule has 1 saturated heterocycles. The lowest BCUT2D eigenvalue weighted by molar-refractivity contribution is 0.0926. The van der Waals surface area contributed by atoms with Crippen molar-refractivity contribution in [3.05, 3.63) is 23.8 Å². The van der Waals surface area contributed by atoms with Gasteiger partial charge in [0.1, 0.15) is 5.75 Å². The van der Waals surface area contributed by atoms with Gasteiger partial charge in [0.15, 0.2) is 0 Å². The van der Waals surface area contributed by atoms with Gasteiger partial charge in [-0.1, -0.05) is 0 Å². The van der Waals surface area contributed by atoms with Gasteiger partial charge in [0.05, 0.1) is 6.10 Å². The molecule has 16 heavy (non-hydrogen) atoms. The zero-order valence-electron chi connectivity index (χ0n) is 9.19. The van der Waals surface area contributed by atoms with Crippen molar-refractivity contribution in [2.24, 2.45) is 5.92 Å². The number of nitrogens with one attached hydrogen (secondary N) is 1. The summed E-state index contributed by atoms with van der Waals surface area (Å²) in [6.07, 6.45) is 1.46. The number of hydrogen-bond acceptors (Lipinski definition) is 4. The van der Waals surface area contributed by atoms with E-state index in [4.69, 9.17) is 5.73 Å². The van der Waals surface area contributed by atoms with E-state index in [-0.39, 0.29) is 11.7 Å².